The van der Waals surface area contributed by atoms with E-state index in [2.05, 4.69) is 5.10 Å². The van der Waals surface area contributed by atoms with E-state index in [9.17, 15) is 4.79 Å². The summed E-state index contributed by atoms with van der Waals surface area (Å²) in [5.41, 5.74) is 2.84. The van der Waals surface area contributed by atoms with Crippen molar-refractivity contribution in [1.29, 1.82) is 0 Å². The normalized spacial score (nSPS) is 10.6. The number of carbonyl (C=O) groups excluding carboxylic acids is 1. The molecule has 0 atom stereocenters. The first-order chi connectivity index (χ1) is 12.0. The Labute approximate surface area is 151 Å². The number of aromatic nitrogens is 2. The van der Waals surface area contributed by atoms with Gasteiger partial charge in [-0.3, -0.25) is 4.79 Å². The third kappa shape index (κ3) is 3.37. The van der Waals surface area contributed by atoms with Crippen LogP contribution in [0.15, 0.2) is 54.6 Å². The summed E-state index contributed by atoms with van der Waals surface area (Å²) in [4.78, 5) is 14.3. The van der Waals surface area contributed by atoms with Gasteiger partial charge < -0.3 is 9.64 Å². The number of anilines is 1. The molecule has 0 aliphatic heterocycles. The first kappa shape index (κ1) is 17.0. The van der Waals surface area contributed by atoms with Crippen LogP contribution in [-0.2, 0) is 0 Å². The van der Waals surface area contributed by atoms with E-state index in [1.165, 1.54) is 4.90 Å². The summed E-state index contributed by atoms with van der Waals surface area (Å²) in [6.45, 7) is 1.92. The van der Waals surface area contributed by atoms with Crippen molar-refractivity contribution in [3.8, 4) is 11.4 Å². The second-order valence-electron chi connectivity index (χ2n) is 5.60. The lowest BCUT2D eigenvalue weighted by Gasteiger charge is -2.17. The fourth-order valence-corrected chi connectivity index (χ4v) is 2.81. The maximum Gasteiger partial charge on any atom is 0.278 e. The molecule has 0 bridgehead atoms. The lowest BCUT2D eigenvalue weighted by molar-refractivity contribution is 0.0988. The summed E-state index contributed by atoms with van der Waals surface area (Å²) < 4.78 is 6.89. The molecule has 3 rings (SSSR count). The molecule has 3 aromatic rings. The van der Waals surface area contributed by atoms with Gasteiger partial charge in [0, 0.05) is 18.4 Å². The fraction of sp³-hybridized carbons (Fsp3) is 0.158. The van der Waals surface area contributed by atoms with E-state index in [4.69, 9.17) is 16.3 Å². The van der Waals surface area contributed by atoms with Crippen molar-refractivity contribution in [1.82, 2.24) is 9.78 Å². The largest absolute Gasteiger partial charge is 0.495 e. The molecule has 2 aromatic carbocycles. The number of para-hydroxylation sites is 1. The monoisotopic (exact) mass is 355 g/mol. The molecule has 1 heterocycles. The third-order valence-electron chi connectivity index (χ3n) is 3.93. The molecule has 6 heteroatoms. The molecule has 0 aliphatic rings. The Balaban J connectivity index is 1.89. The molecule has 0 unspecified atom stereocenters. The molecule has 0 spiro atoms. The van der Waals surface area contributed by atoms with E-state index in [1.807, 2.05) is 37.3 Å². The van der Waals surface area contributed by atoms with E-state index >= 15 is 0 Å². The number of amides is 1. The lowest BCUT2D eigenvalue weighted by atomic mass is 10.2. The second-order valence-corrected chi connectivity index (χ2v) is 6.01. The minimum absolute atomic E-state index is 0.209. The Hall–Kier alpha value is -2.79. The molecule has 0 N–H and O–H groups in total. The summed E-state index contributed by atoms with van der Waals surface area (Å²) in [6, 6.07) is 16.7. The van der Waals surface area contributed by atoms with Gasteiger partial charge in [0.25, 0.3) is 5.91 Å². The van der Waals surface area contributed by atoms with Crippen LogP contribution in [0.3, 0.4) is 0 Å². The zero-order valence-corrected chi connectivity index (χ0v) is 15.0. The number of rotatable bonds is 4. The van der Waals surface area contributed by atoms with E-state index < -0.39 is 0 Å². The third-order valence-corrected chi connectivity index (χ3v) is 4.23. The summed E-state index contributed by atoms with van der Waals surface area (Å²) in [6.07, 6.45) is 0. The number of methoxy groups -OCH3 is 1. The van der Waals surface area contributed by atoms with Gasteiger partial charge in [-0.2, -0.15) is 5.10 Å². The number of hydrogen-bond donors (Lipinski definition) is 0. The molecule has 0 aliphatic carbocycles. The van der Waals surface area contributed by atoms with Gasteiger partial charge in [0.15, 0.2) is 5.69 Å². The van der Waals surface area contributed by atoms with Crippen molar-refractivity contribution >= 4 is 23.2 Å². The summed E-state index contributed by atoms with van der Waals surface area (Å²) >= 11 is 6.15. The predicted octanol–water partition coefficient (Wildman–Crippen LogP) is 4.12. The Morgan fingerprint density at radius 1 is 1.16 bits per heavy atom. The van der Waals surface area contributed by atoms with Gasteiger partial charge in [0.2, 0.25) is 0 Å². The van der Waals surface area contributed by atoms with Crippen LogP contribution in [0.4, 0.5) is 5.69 Å². The first-order valence-electron chi connectivity index (χ1n) is 7.75. The van der Waals surface area contributed by atoms with Gasteiger partial charge in [-0.15, -0.1) is 0 Å². The molecule has 1 amide bonds. The maximum absolute atomic E-state index is 12.8. The maximum atomic E-state index is 12.8. The lowest BCUT2D eigenvalue weighted by Crippen LogP contribution is -2.26. The second kappa shape index (κ2) is 6.99. The molecule has 0 saturated carbocycles. The predicted molar refractivity (Wildman–Crippen MR) is 99.0 cm³/mol. The molecule has 0 radical (unpaired) electrons. The van der Waals surface area contributed by atoms with Crippen LogP contribution in [0.25, 0.3) is 5.69 Å². The average Bonchev–Trinajstić information content (AvgIpc) is 3.03. The minimum Gasteiger partial charge on any atom is -0.495 e. The number of hydrogen-bond acceptors (Lipinski definition) is 3. The molecule has 1 aromatic heterocycles. The number of carbonyl (C=O) groups is 1. The molecule has 5 nitrogen and oxygen atoms in total. The van der Waals surface area contributed by atoms with Crippen LogP contribution in [0.1, 0.15) is 16.2 Å². The number of benzene rings is 2. The van der Waals surface area contributed by atoms with Crippen LogP contribution >= 0.6 is 11.6 Å². The highest BCUT2D eigenvalue weighted by Crippen LogP contribution is 2.29. The molecule has 0 saturated heterocycles. The van der Waals surface area contributed by atoms with Crippen LogP contribution in [0.2, 0.25) is 5.02 Å². The number of nitrogens with zero attached hydrogens (tertiary/aromatic N) is 3. The van der Waals surface area contributed by atoms with Crippen molar-refractivity contribution in [3.05, 3.63) is 71.0 Å². The standard InChI is InChI=1S/C19H18ClN3O2/c1-13-11-17(21-23(13)14-7-5-4-6-8-14)19(24)22(2)15-9-10-18(25-3)16(20)12-15/h4-12H,1-3H3. The Bertz CT molecular complexity index is 906. The first-order valence-corrected chi connectivity index (χ1v) is 8.12. The highest BCUT2D eigenvalue weighted by Gasteiger charge is 2.19. The average molecular weight is 356 g/mol. The van der Waals surface area contributed by atoms with Crippen LogP contribution < -0.4 is 9.64 Å². The Morgan fingerprint density at radius 2 is 1.88 bits per heavy atom. The van der Waals surface area contributed by atoms with Crippen LogP contribution in [0.5, 0.6) is 5.75 Å². The molecular formula is C19H18ClN3O2. The Morgan fingerprint density at radius 3 is 2.52 bits per heavy atom. The van der Waals surface area contributed by atoms with Gasteiger partial charge in [0.1, 0.15) is 5.75 Å². The highest BCUT2D eigenvalue weighted by atomic mass is 35.5. The summed E-state index contributed by atoms with van der Waals surface area (Å²) in [5.74, 6) is 0.356. The van der Waals surface area contributed by atoms with Gasteiger partial charge in [-0.1, -0.05) is 29.8 Å². The quantitative estimate of drug-likeness (QED) is 0.707. The highest BCUT2D eigenvalue weighted by molar-refractivity contribution is 6.32. The van der Waals surface area contributed by atoms with Crippen LogP contribution in [0, 0.1) is 6.92 Å². The van der Waals surface area contributed by atoms with Gasteiger partial charge in [-0.25, -0.2) is 4.68 Å². The molecule has 128 valence electrons. The van der Waals surface area contributed by atoms with Crippen molar-refractivity contribution in [3.63, 3.8) is 0 Å². The smallest absolute Gasteiger partial charge is 0.278 e. The number of halogens is 1. The zero-order chi connectivity index (χ0) is 18.0. The number of aryl methyl sites for hydroxylation is 1. The molecule has 25 heavy (non-hydrogen) atoms. The van der Waals surface area contributed by atoms with E-state index in [0.29, 0.717) is 22.2 Å². The number of ether oxygens (including phenoxy) is 1. The zero-order valence-electron chi connectivity index (χ0n) is 14.2. The molecule has 0 fully saturated rings. The SMILES string of the molecule is COc1ccc(N(C)C(=O)c2cc(C)n(-c3ccccc3)n2)cc1Cl. The van der Waals surface area contributed by atoms with E-state index in [1.54, 1.807) is 43.1 Å². The van der Waals surface area contributed by atoms with Gasteiger partial charge in [0.05, 0.1) is 17.8 Å². The van der Waals surface area contributed by atoms with Crippen molar-refractivity contribution in [2.24, 2.45) is 0 Å². The topological polar surface area (TPSA) is 47.4 Å². The van der Waals surface area contributed by atoms with Gasteiger partial charge >= 0.3 is 0 Å². The van der Waals surface area contributed by atoms with Crippen molar-refractivity contribution in [2.45, 2.75) is 6.92 Å². The summed E-state index contributed by atoms with van der Waals surface area (Å²) in [5, 5.41) is 4.90. The summed E-state index contributed by atoms with van der Waals surface area (Å²) in [7, 11) is 3.24. The van der Waals surface area contributed by atoms with Crippen molar-refractivity contribution < 1.29 is 9.53 Å². The van der Waals surface area contributed by atoms with E-state index in [0.717, 1.165) is 11.4 Å². The fourth-order valence-electron chi connectivity index (χ4n) is 2.56. The van der Waals surface area contributed by atoms with Crippen molar-refractivity contribution in [2.75, 3.05) is 19.1 Å². The van der Waals surface area contributed by atoms with Gasteiger partial charge in [-0.05, 0) is 43.3 Å². The van der Waals surface area contributed by atoms with E-state index in [-0.39, 0.29) is 5.91 Å². The van der Waals surface area contributed by atoms with Crippen LogP contribution in [-0.4, -0.2) is 29.8 Å². The Kier molecular flexibility index (Phi) is 4.76. The molecular weight excluding hydrogens is 338 g/mol. The minimum atomic E-state index is -0.209.